The Bertz CT molecular complexity index is 1360. The van der Waals surface area contributed by atoms with Crippen LogP contribution in [0.1, 0.15) is 15.2 Å². The molecular weight excluding hydrogens is 455 g/mol. The topological polar surface area (TPSA) is 87.2 Å². The lowest BCUT2D eigenvalue weighted by atomic mass is 10.0. The number of halogens is 3. The van der Waals surface area contributed by atoms with Crippen molar-refractivity contribution in [3.8, 4) is 11.3 Å². The van der Waals surface area contributed by atoms with E-state index in [-0.39, 0.29) is 16.2 Å². The zero-order valence-electron chi connectivity index (χ0n) is 20.2. The first-order chi connectivity index (χ1) is 16.9. The molecule has 7 nitrogen and oxygen atoms in total. The number of piperazine rings is 1. The Balaban J connectivity index is 1.74. The number of nitrogens with one attached hydrogen (secondary N) is 2. The minimum absolute atomic E-state index is 0.273. The van der Waals surface area contributed by atoms with Gasteiger partial charge in [0, 0.05) is 35.9 Å². The second-order valence-electron chi connectivity index (χ2n) is 7.31. The third-order valence-electron chi connectivity index (χ3n) is 5.05. The molecule has 11 heteroatoms. The number of benzene rings is 1. The van der Waals surface area contributed by atoms with Crippen molar-refractivity contribution >= 4 is 21.7 Å². The number of aromatic nitrogens is 2. The summed E-state index contributed by atoms with van der Waals surface area (Å²) in [5.41, 5.74) is -2.50. The molecule has 1 fully saturated rings. The Morgan fingerprint density at radius 2 is 1.79 bits per heavy atom. The van der Waals surface area contributed by atoms with Gasteiger partial charge in [-0.05, 0) is 36.7 Å². The second-order valence-corrected chi connectivity index (χ2v) is 8.94. The predicted molar refractivity (Wildman–Crippen MR) is 120 cm³/mol. The van der Waals surface area contributed by atoms with Crippen LogP contribution in [0.15, 0.2) is 59.6 Å². The van der Waals surface area contributed by atoms with Gasteiger partial charge in [0.2, 0.25) is 0 Å². The number of nitrogens with zero attached hydrogens (tertiary/aromatic N) is 3. The van der Waals surface area contributed by atoms with Gasteiger partial charge in [0.15, 0.2) is 5.03 Å². The van der Waals surface area contributed by atoms with Crippen LogP contribution in [-0.4, -0.2) is 44.6 Å². The SMILES string of the molecule is [2H]C([2H])([2H])c1ccccc1-c1nc(NS(=O)(=O)c2cccc(N3CCNCC3)n2)ccc1C(F)(F)F. The van der Waals surface area contributed by atoms with Crippen LogP contribution in [0.5, 0.6) is 0 Å². The highest BCUT2D eigenvalue weighted by atomic mass is 32.2. The number of anilines is 2. The molecule has 33 heavy (non-hydrogen) atoms. The molecule has 0 unspecified atom stereocenters. The Hall–Kier alpha value is -3.18. The number of aryl methyl sites for hydroxylation is 1. The third-order valence-corrected chi connectivity index (χ3v) is 6.30. The summed E-state index contributed by atoms with van der Waals surface area (Å²) in [6.45, 7) is -0.0158. The van der Waals surface area contributed by atoms with Crippen LogP contribution < -0.4 is 14.9 Å². The summed E-state index contributed by atoms with van der Waals surface area (Å²) in [5.74, 6) is 0.0415. The Morgan fingerprint density at radius 1 is 1.03 bits per heavy atom. The molecule has 0 amide bonds. The molecule has 0 atom stereocenters. The number of rotatable bonds is 5. The van der Waals surface area contributed by atoms with Crippen molar-refractivity contribution in [2.45, 2.75) is 18.1 Å². The molecule has 2 aromatic heterocycles. The van der Waals surface area contributed by atoms with Crippen molar-refractivity contribution in [3.05, 3.63) is 65.7 Å². The zero-order valence-corrected chi connectivity index (χ0v) is 18.0. The summed E-state index contributed by atoms with van der Waals surface area (Å²) in [7, 11) is -4.32. The molecule has 2 N–H and O–H groups in total. The van der Waals surface area contributed by atoms with Crippen LogP contribution in [0, 0.1) is 6.85 Å². The largest absolute Gasteiger partial charge is 0.418 e. The lowest BCUT2D eigenvalue weighted by Gasteiger charge is -2.28. The maximum atomic E-state index is 13.8. The highest BCUT2D eigenvalue weighted by Crippen LogP contribution is 2.38. The standard InChI is InChI=1S/C22H22F3N5O2S/c1-15-5-2-3-6-16(15)21-17(22(23,24)25)9-10-18(27-21)29-33(31,32)20-8-4-7-19(28-20)30-13-11-26-12-14-30/h2-10,26H,11-14H2,1H3,(H,27,29)/i1D3. The average Bonchev–Trinajstić information content (AvgIpc) is 2.83. The van der Waals surface area contributed by atoms with Crippen LogP contribution >= 0.6 is 0 Å². The van der Waals surface area contributed by atoms with E-state index in [1.165, 1.54) is 36.4 Å². The Morgan fingerprint density at radius 3 is 2.52 bits per heavy atom. The van der Waals surface area contributed by atoms with Crippen LogP contribution in [0.2, 0.25) is 0 Å². The Labute approximate surface area is 194 Å². The van der Waals surface area contributed by atoms with Crippen molar-refractivity contribution in [3.63, 3.8) is 0 Å². The van der Waals surface area contributed by atoms with Gasteiger partial charge in [-0.1, -0.05) is 30.3 Å². The lowest BCUT2D eigenvalue weighted by molar-refractivity contribution is -0.137. The second kappa shape index (κ2) is 8.99. The van der Waals surface area contributed by atoms with Gasteiger partial charge < -0.3 is 10.2 Å². The van der Waals surface area contributed by atoms with Gasteiger partial charge in [0.1, 0.15) is 11.6 Å². The van der Waals surface area contributed by atoms with Gasteiger partial charge in [-0.25, -0.2) is 9.97 Å². The fourth-order valence-electron chi connectivity index (χ4n) is 3.45. The van der Waals surface area contributed by atoms with Crippen LogP contribution in [0.25, 0.3) is 11.3 Å². The third kappa shape index (κ3) is 5.09. The van der Waals surface area contributed by atoms with Crippen molar-refractivity contribution in [1.82, 2.24) is 15.3 Å². The van der Waals surface area contributed by atoms with Gasteiger partial charge in [-0.15, -0.1) is 0 Å². The van der Waals surface area contributed by atoms with Gasteiger partial charge in [-0.3, -0.25) is 4.72 Å². The number of pyridine rings is 2. The minimum Gasteiger partial charge on any atom is -0.354 e. The summed E-state index contributed by atoms with van der Waals surface area (Å²) in [6.07, 6.45) is -4.86. The fourth-order valence-corrected chi connectivity index (χ4v) is 4.42. The maximum Gasteiger partial charge on any atom is 0.418 e. The van der Waals surface area contributed by atoms with Gasteiger partial charge in [0.25, 0.3) is 10.0 Å². The Kier molecular flexibility index (Phi) is 5.26. The number of hydrogen-bond acceptors (Lipinski definition) is 6. The molecule has 1 aliphatic rings. The normalized spacial score (nSPS) is 16.6. The highest BCUT2D eigenvalue weighted by Gasteiger charge is 2.35. The van der Waals surface area contributed by atoms with Gasteiger partial charge in [0.05, 0.1) is 11.3 Å². The molecule has 1 aliphatic heterocycles. The molecule has 0 radical (unpaired) electrons. The molecule has 174 valence electrons. The fraction of sp³-hybridized carbons (Fsp3) is 0.273. The first-order valence-electron chi connectivity index (χ1n) is 11.5. The van der Waals surface area contributed by atoms with Crippen LogP contribution in [0.3, 0.4) is 0 Å². The molecule has 3 heterocycles. The molecule has 1 aromatic carbocycles. The van der Waals surface area contributed by atoms with E-state index in [1.54, 1.807) is 6.07 Å². The molecule has 0 spiro atoms. The van der Waals surface area contributed by atoms with Crippen molar-refractivity contribution in [2.24, 2.45) is 0 Å². The predicted octanol–water partition coefficient (Wildman–Crippen LogP) is 3.68. The summed E-state index contributed by atoms with van der Waals surface area (Å²) in [6, 6.07) is 11.2. The molecular formula is C22H22F3N5O2S. The quantitative estimate of drug-likeness (QED) is 0.579. The smallest absolute Gasteiger partial charge is 0.354 e. The molecule has 0 bridgehead atoms. The van der Waals surface area contributed by atoms with E-state index in [9.17, 15) is 21.6 Å². The van der Waals surface area contributed by atoms with Gasteiger partial charge >= 0.3 is 6.18 Å². The molecule has 0 aliphatic carbocycles. The maximum absolute atomic E-state index is 13.8. The first kappa shape index (κ1) is 19.3. The summed E-state index contributed by atoms with van der Waals surface area (Å²) >= 11 is 0. The summed E-state index contributed by atoms with van der Waals surface area (Å²) in [4.78, 5) is 10.0. The first-order valence-corrected chi connectivity index (χ1v) is 11.5. The number of alkyl halides is 3. The summed E-state index contributed by atoms with van der Waals surface area (Å²) < 4.78 is 92.7. The molecule has 1 saturated heterocycles. The van der Waals surface area contributed by atoms with Crippen LogP contribution in [-0.2, 0) is 16.2 Å². The van der Waals surface area contributed by atoms with Crippen molar-refractivity contribution in [1.29, 1.82) is 0 Å². The highest BCUT2D eigenvalue weighted by molar-refractivity contribution is 7.92. The van der Waals surface area contributed by atoms with Crippen molar-refractivity contribution in [2.75, 3.05) is 35.8 Å². The molecule has 3 aromatic rings. The van der Waals surface area contributed by atoms with E-state index in [4.69, 9.17) is 4.11 Å². The molecule has 4 rings (SSSR count). The lowest BCUT2D eigenvalue weighted by Crippen LogP contribution is -2.44. The minimum atomic E-state index is -4.86. The molecule has 0 saturated carbocycles. The number of sulfonamides is 1. The van der Waals surface area contributed by atoms with Crippen molar-refractivity contribution < 1.29 is 25.7 Å². The summed E-state index contributed by atoms with van der Waals surface area (Å²) in [5, 5.41) is 2.86. The van der Waals surface area contributed by atoms with E-state index in [2.05, 4.69) is 20.0 Å². The van der Waals surface area contributed by atoms with E-state index < -0.39 is 40.1 Å². The zero-order chi connectivity index (χ0) is 26.1. The van der Waals surface area contributed by atoms with E-state index in [0.29, 0.717) is 38.1 Å². The van der Waals surface area contributed by atoms with E-state index >= 15 is 0 Å². The monoisotopic (exact) mass is 480 g/mol. The van der Waals surface area contributed by atoms with E-state index in [0.717, 1.165) is 6.07 Å². The van der Waals surface area contributed by atoms with E-state index in [1.807, 2.05) is 4.90 Å². The van der Waals surface area contributed by atoms with Gasteiger partial charge in [-0.2, -0.15) is 21.6 Å². The van der Waals surface area contributed by atoms with Crippen LogP contribution in [0.4, 0.5) is 24.8 Å². The number of hydrogen-bond donors (Lipinski definition) is 2. The average molecular weight is 481 g/mol.